The van der Waals surface area contributed by atoms with Crippen LogP contribution in [0.25, 0.3) is 0 Å². The highest BCUT2D eigenvalue weighted by molar-refractivity contribution is 5.81. The van der Waals surface area contributed by atoms with Gasteiger partial charge in [-0.2, -0.15) is 5.26 Å². The molecular formula is C15H15FN2O5. The number of carbonyl (C=O) groups excluding carboxylic acids is 1. The van der Waals surface area contributed by atoms with Gasteiger partial charge in [0.15, 0.2) is 0 Å². The van der Waals surface area contributed by atoms with Crippen molar-refractivity contribution in [3.63, 3.8) is 0 Å². The third-order valence-electron chi connectivity index (χ3n) is 3.54. The summed E-state index contributed by atoms with van der Waals surface area (Å²) in [7, 11) is 0. The quantitative estimate of drug-likeness (QED) is 0.827. The van der Waals surface area contributed by atoms with Crippen molar-refractivity contribution in [3.8, 4) is 11.8 Å². The molecule has 0 radical (unpaired) electrons. The summed E-state index contributed by atoms with van der Waals surface area (Å²) in [5.74, 6) is -1.12. The predicted octanol–water partition coefficient (Wildman–Crippen LogP) is 1.62. The maximum Gasteiger partial charge on any atom is 0.407 e. The van der Waals surface area contributed by atoms with E-state index >= 15 is 0 Å². The number of rotatable bonds is 5. The van der Waals surface area contributed by atoms with E-state index in [9.17, 15) is 14.0 Å². The zero-order chi connectivity index (χ0) is 17.0. The third-order valence-corrected chi connectivity index (χ3v) is 3.54. The van der Waals surface area contributed by atoms with Crippen LogP contribution < -0.4 is 4.74 Å². The molecule has 122 valence electrons. The Balaban J connectivity index is 2.08. The van der Waals surface area contributed by atoms with Gasteiger partial charge in [-0.1, -0.05) is 0 Å². The first-order chi connectivity index (χ1) is 10.9. The molecule has 1 aromatic carbocycles. The van der Waals surface area contributed by atoms with Crippen LogP contribution in [0.3, 0.4) is 0 Å². The molecular weight excluding hydrogens is 307 g/mol. The summed E-state index contributed by atoms with van der Waals surface area (Å²) < 4.78 is 23.9. The zero-order valence-electron chi connectivity index (χ0n) is 12.4. The van der Waals surface area contributed by atoms with Crippen LogP contribution in [0.4, 0.5) is 9.18 Å². The fourth-order valence-corrected chi connectivity index (χ4v) is 2.28. The minimum absolute atomic E-state index is 0.0417. The molecule has 0 aliphatic carbocycles. The Kier molecular flexibility index (Phi) is 4.69. The molecule has 0 spiro atoms. The lowest BCUT2D eigenvalue weighted by Crippen LogP contribution is -2.64. The molecule has 1 amide bonds. The van der Waals surface area contributed by atoms with E-state index in [2.05, 4.69) is 0 Å². The van der Waals surface area contributed by atoms with Crippen LogP contribution in [-0.4, -0.2) is 48.4 Å². The highest BCUT2D eigenvalue weighted by Gasteiger charge is 2.53. The lowest BCUT2D eigenvalue weighted by atomic mass is 9.81. The Morgan fingerprint density at radius 2 is 2.17 bits per heavy atom. The molecule has 0 saturated carbocycles. The van der Waals surface area contributed by atoms with E-state index in [1.54, 1.807) is 13.0 Å². The Bertz CT molecular complexity index is 664. The molecule has 0 atom stereocenters. The summed E-state index contributed by atoms with van der Waals surface area (Å²) in [6.07, 6.45) is -1.13. The van der Waals surface area contributed by atoms with Crippen molar-refractivity contribution in [2.75, 3.05) is 26.3 Å². The number of carboxylic acid groups (broad SMARTS) is 1. The van der Waals surface area contributed by atoms with Gasteiger partial charge in [0, 0.05) is 19.2 Å². The molecule has 1 aromatic rings. The van der Waals surface area contributed by atoms with Gasteiger partial charge in [0.1, 0.15) is 29.7 Å². The minimum Gasteiger partial charge on any atom is -0.492 e. The van der Waals surface area contributed by atoms with Crippen molar-refractivity contribution >= 4 is 12.1 Å². The number of nitrogens with zero attached hydrogens (tertiary/aromatic N) is 2. The van der Waals surface area contributed by atoms with Crippen LogP contribution in [0.15, 0.2) is 18.2 Å². The van der Waals surface area contributed by atoms with Gasteiger partial charge in [-0.05, 0) is 19.1 Å². The average Bonchev–Trinajstić information content (AvgIpc) is 2.46. The van der Waals surface area contributed by atoms with Gasteiger partial charge in [0.2, 0.25) is 0 Å². The van der Waals surface area contributed by atoms with Crippen molar-refractivity contribution in [2.45, 2.75) is 6.92 Å². The highest BCUT2D eigenvalue weighted by atomic mass is 19.1. The fraction of sp³-hybridized carbons (Fsp3) is 0.400. The Hall–Kier alpha value is -2.82. The molecule has 1 aliphatic rings. The van der Waals surface area contributed by atoms with E-state index < -0.39 is 23.3 Å². The van der Waals surface area contributed by atoms with Crippen LogP contribution in [0, 0.1) is 22.6 Å². The maximum atomic E-state index is 13.5. The van der Waals surface area contributed by atoms with Gasteiger partial charge in [0.05, 0.1) is 12.2 Å². The van der Waals surface area contributed by atoms with Crippen LogP contribution in [0.5, 0.6) is 5.75 Å². The zero-order valence-corrected chi connectivity index (χ0v) is 12.4. The maximum absolute atomic E-state index is 13.5. The number of ether oxygens (including phenoxy) is 2. The molecule has 1 aliphatic heterocycles. The number of benzene rings is 1. The molecule has 0 unspecified atom stereocenters. The molecule has 0 aromatic heterocycles. The molecule has 7 nitrogen and oxygen atoms in total. The first-order valence-corrected chi connectivity index (χ1v) is 6.89. The summed E-state index contributed by atoms with van der Waals surface area (Å²) in [6.45, 7) is 1.59. The van der Waals surface area contributed by atoms with E-state index in [0.29, 0.717) is 0 Å². The van der Waals surface area contributed by atoms with E-state index in [1.165, 1.54) is 12.1 Å². The van der Waals surface area contributed by atoms with Crippen LogP contribution in [-0.2, 0) is 9.53 Å². The van der Waals surface area contributed by atoms with Crippen molar-refractivity contribution in [1.29, 1.82) is 5.26 Å². The molecule has 23 heavy (non-hydrogen) atoms. The first-order valence-electron chi connectivity index (χ1n) is 6.89. The number of amides is 1. The van der Waals surface area contributed by atoms with Gasteiger partial charge in [-0.25, -0.2) is 9.18 Å². The summed E-state index contributed by atoms with van der Waals surface area (Å²) in [5.41, 5.74) is -1.21. The van der Waals surface area contributed by atoms with Gasteiger partial charge >= 0.3 is 12.1 Å². The second kappa shape index (κ2) is 6.52. The van der Waals surface area contributed by atoms with E-state index in [4.69, 9.17) is 19.8 Å². The van der Waals surface area contributed by atoms with Gasteiger partial charge in [-0.3, -0.25) is 4.79 Å². The van der Waals surface area contributed by atoms with Crippen LogP contribution in [0.1, 0.15) is 12.5 Å². The van der Waals surface area contributed by atoms with E-state index in [-0.39, 0.29) is 37.6 Å². The number of hydrogen-bond donors (Lipinski definition) is 1. The van der Waals surface area contributed by atoms with Gasteiger partial charge in [0.25, 0.3) is 0 Å². The minimum atomic E-state index is -1.13. The summed E-state index contributed by atoms with van der Waals surface area (Å²) in [6, 6.07) is 5.42. The number of carbonyl (C=O) groups is 2. The predicted molar refractivity (Wildman–Crippen MR) is 75.3 cm³/mol. The van der Waals surface area contributed by atoms with Crippen molar-refractivity contribution in [2.24, 2.45) is 5.41 Å². The van der Waals surface area contributed by atoms with Gasteiger partial charge in [-0.15, -0.1) is 0 Å². The molecule has 1 heterocycles. The summed E-state index contributed by atoms with van der Waals surface area (Å²) in [5, 5.41) is 17.6. The third kappa shape index (κ3) is 3.34. The van der Waals surface area contributed by atoms with E-state index in [0.717, 1.165) is 11.0 Å². The SMILES string of the molecule is CCOC(=O)C1(COc2ccc(C#N)c(F)c2)CN(C(=O)O)C1. The Labute approximate surface area is 131 Å². The number of esters is 1. The fourth-order valence-electron chi connectivity index (χ4n) is 2.28. The van der Waals surface area contributed by atoms with Crippen LogP contribution >= 0.6 is 0 Å². The number of likely N-dealkylation sites (tertiary alicyclic amines) is 1. The largest absolute Gasteiger partial charge is 0.492 e. The smallest absolute Gasteiger partial charge is 0.407 e. The highest BCUT2D eigenvalue weighted by Crippen LogP contribution is 2.33. The van der Waals surface area contributed by atoms with E-state index in [1.807, 2.05) is 0 Å². The van der Waals surface area contributed by atoms with Crippen molar-refractivity contribution in [1.82, 2.24) is 4.90 Å². The summed E-state index contributed by atoms with van der Waals surface area (Å²) >= 11 is 0. The normalized spacial score (nSPS) is 15.3. The molecule has 1 N–H and O–H groups in total. The molecule has 2 rings (SSSR count). The molecule has 1 saturated heterocycles. The van der Waals surface area contributed by atoms with Gasteiger partial charge < -0.3 is 19.5 Å². The lowest BCUT2D eigenvalue weighted by molar-refractivity contribution is -0.168. The Morgan fingerprint density at radius 1 is 1.48 bits per heavy atom. The average molecular weight is 322 g/mol. The molecule has 1 fully saturated rings. The molecule has 8 heteroatoms. The number of nitriles is 1. The summed E-state index contributed by atoms with van der Waals surface area (Å²) in [4.78, 5) is 24.0. The topological polar surface area (TPSA) is 99.9 Å². The monoisotopic (exact) mass is 322 g/mol. The molecule has 0 bridgehead atoms. The second-order valence-electron chi connectivity index (χ2n) is 5.18. The lowest BCUT2D eigenvalue weighted by Gasteiger charge is -2.45. The number of hydrogen-bond acceptors (Lipinski definition) is 5. The first kappa shape index (κ1) is 16.5. The Morgan fingerprint density at radius 3 is 2.70 bits per heavy atom. The second-order valence-corrected chi connectivity index (χ2v) is 5.18. The standard InChI is InChI=1S/C15H15FN2O5/c1-2-22-13(19)15(7-18(8-15)14(20)21)9-23-11-4-3-10(6-17)12(16)5-11/h3-5H,2,7-9H2,1H3,(H,20,21). The number of halogens is 1. The van der Waals surface area contributed by atoms with Crippen molar-refractivity contribution in [3.05, 3.63) is 29.6 Å². The van der Waals surface area contributed by atoms with Crippen molar-refractivity contribution < 1.29 is 28.6 Å². The van der Waals surface area contributed by atoms with Crippen LogP contribution in [0.2, 0.25) is 0 Å².